The van der Waals surface area contributed by atoms with E-state index in [2.05, 4.69) is 0 Å². The highest BCUT2D eigenvalue weighted by Crippen LogP contribution is 2.19. The number of hydrogen-bond acceptors (Lipinski definition) is 3. The molecule has 1 aromatic carbocycles. The first-order chi connectivity index (χ1) is 7.04. The summed E-state index contributed by atoms with van der Waals surface area (Å²) in [5.74, 6) is -0.664. The fourth-order valence-electron chi connectivity index (χ4n) is 1.25. The Labute approximate surface area is 87.0 Å². The average molecular weight is 208 g/mol. The fraction of sp³-hybridized carbons (Fsp3) is 0.200. The van der Waals surface area contributed by atoms with E-state index >= 15 is 0 Å². The highest BCUT2D eigenvalue weighted by atomic mass is 16.5. The van der Waals surface area contributed by atoms with E-state index in [9.17, 15) is 9.59 Å². The molecular formula is C10H12N2O3. The van der Waals surface area contributed by atoms with Gasteiger partial charge < -0.3 is 16.2 Å². The van der Waals surface area contributed by atoms with Crippen molar-refractivity contribution in [1.82, 2.24) is 0 Å². The summed E-state index contributed by atoms with van der Waals surface area (Å²) in [6.45, 7) is 0. The van der Waals surface area contributed by atoms with Gasteiger partial charge in [0.2, 0.25) is 5.91 Å². The number of nitrogens with two attached hydrogens (primary N) is 2. The number of hydrogen-bond donors (Lipinski definition) is 2. The van der Waals surface area contributed by atoms with E-state index in [0.29, 0.717) is 11.3 Å². The molecule has 1 aromatic rings. The number of amides is 2. The summed E-state index contributed by atoms with van der Waals surface area (Å²) < 4.78 is 4.98. The number of benzene rings is 1. The van der Waals surface area contributed by atoms with Crippen molar-refractivity contribution < 1.29 is 14.3 Å². The molecule has 0 saturated carbocycles. The van der Waals surface area contributed by atoms with Gasteiger partial charge >= 0.3 is 0 Å². The molecule has 0 radical (unpaired) electrons. The van der Waals surface area contributed by atoms with Gasteiger partial charge in [-0.25, -0.2) is 0 Å². The van der Waals surface area contributed by atoms with Crippen molar-refractivity contribution in [2.75, 3.05) is 7.11 Å². The van der Waals surface area contributed by atoms with Gasteiger partial charge in [-0.05, 0) is 17.7 Å². The van der Waals surface area contributed by atoms with Crippen LogP contribution in [0.25, 0.3) is 0 Å². The second kappa shape index (κ2) is 4.45. The van der Waals surface area contributed by atoms with Gasteiger partial charge in [0.25, 0.3) is 5.91 Å². The third-order valence-electron chi connectivity index (χ3n) is 1.91. The molecule has 2 amide bonds. The van der Waals surface area contributed by atoms with E-state index in [0.717, 1.165) is 0 Å². The predicted molar refractivity (Wildman–Crippen MR) is 54.4 cm³/mol. The lowest BCUT2D eigenvalue weighted by Gasteiger charge is -2.07. The molecule has 0 bridgehead atoms. The summed E-state index contributed by atoms with van der Waals surface area (Å²) in [7, 11) is 1.43. The Morgan fingerprint density at radius 3 is 2.47 bits per heavy atom. The smallest absolute Gasteiger partial charge is 0.252 e. The van der Waals surface area contributed by atoms with Crippen molar-refractivity contribution in [3.63, 3.8) is 0 Å². The quantitative estimate of drug-likeness (QED) is 0.718. The first-order valence-electron chi connectivity index (χ1n) is 4.29. The van der Waals surface area contributed by atoms with Gasteiger partial charge in [0.15, 0.2) is 0 Å². The van der Waals surface area contributed by atoms with Crippen molar-refractivity contribution in [2.45, 2.75) is 6.42 Å². The monoisotopic (exact) mass is 208 g/mol. The molecule has 15 heavy (non-hydrogen) atoms. The molecule has 4 N–H and O–H groups in total. The minimum Gasteiger partial charge on any atom is -0.496 e. The van der Waals surface area contributed by atoms with Crippen molar-refractivity contribution in [2.24, 2.45) is 11.5 Å². The first-order valence-corrected chi connectivity index (χ1v) is 4.29. The zero-order valence-electron chi connectivity index (χ0n) is 8.32. The van der Waals surface area contributed by atoms with Gasteiger partial charge in [0, 0.05) is 0 Å². The highest BCUT2D eigenvalue weighted by molar-refractivity contribution is 5.95. The third-order valence-corrected chi connectivity index (χ3v) is 1.91. The number of carbonyl (C=O) groups excluding carboxylic acids is 2. The Morgan fingerprint density at radius 1 is 1.33 bits per heavy atom. The van der Waals surface area contributed by atoms with Crippen LogP contribution in [0.4, 0.5) is 0 Å². The van der Waals surface area contributed by atoms with Gasteiger partial charge in [-0.3, -0.25) is 9.59 Å². The van der Waals surface area contributed by atoms with Crippen LogP contribution < -0.4 is 16.2 Å². The van der Waals surface area contributed by atoms with Gasteiger partial charge in [0.05, 0.1) is 19.1 Å². The van der Waals surface area contributed by atoms with E-state index in [4.69, 9.17) is 16.2 Å². The van der Waals surface area contributed by atoms with Crippen molar-refractivity contribution in [1.29, 1.82) is 0 Å². The summed E-state index contributed by atoms with van der Waals surface area (Å²) in [4.78, 5) is 21.6. The Kier molecular flexibility index (Phi) is 3.28. The molecule has 0 aromatic heterocycles. The molecule has 5 nitrogen and oxygen atoms in total. The number of ether oxygens (including phenoxy) is 1. The van der Waals surface area contributed by atoms with Crippen molar-refractivity contribution in [3.05, 3.63) is 29.3 Å². The first kappa shape index (κ1) is 11.0. The van der Waals surface area contributed by atoms with Crippen LogP contribution in [-0.2, 0) is 11.2 Å². The number of primary amides is 2. The Morgan fingerprint density at radius 2 is 2.00 bits per heavy atom. The van der Waals surface area contributed by atoms with E-state index in [-0.39, 0.29) is 12.0 Å². The highest BCUT2D eigenvalue weighted by Gasteiger charge is 2.10. The molecule has 0 spiro atoms. The van der Waals surface area contributed by atoms with E-state index in [1.807, 2.05) is 0 Å². The standard InChI is InChI=1S/C10H12N2O3/c1-15-8-4-6(5-9(11)13)2-3-7(8)10(12)14/h2-4H,5H2,1H3,(H2,11,13)(H2,12,14). The zero-order chi connectivity index (χ0) is 11.4. The molecule has 0 aliphatic heterocycles. The largest absolute Gasteiger partial charge is 0.496 e. The second-order valence-electron chi connectivity index (χ2n) is 3.04. The number of carbonyl (C=O) groups is 2. The third kappa shape index (κ3) is 2.70. The van der Waals surface area contributed by atoms with Crippen molar-refractivity contribution >= 4 is 11.8 Å². The SMILES string of the molecule is COc1cc(CC(N)=O)ccc1C(N)=O. The average Bonchev–Trinajstić information content (AvgIpc) is 2.16. The molecule has 0 aliphatic carbocycles. The van der Waals surface area contributed by atoms with Crippen LogP contribution in [0.15, 0.2) is 18.2 Å². The van der Waals surface area contributed by atoms with E-state index < -0.39 is 11.8 Å². The molecule has 5 heteroatoms. The number of rotatable bonds is 4. The topological polar surface area (TPSA) is 95.4 Å². The molecule has 0 heterocycles. The van der Waals surface area contributed by atoms with Crippen LogP contribution >= 0.6 is 0 Å². The minimum absolute atomic E-state index is 0.107. The van der Waals surface area contributed by atoms with Crippen molar-refractivity contribution in [3.8, 4) is 5.75 Å². The Hall–Kier alpha value is -2.04. The molecule has 0 saturated heterocycles. The lowest BCUT2D eigenvalue weighted by molar-refractivity contribution is -0.117. The van der Waals surface area contributed by atoms with E-state index in [1.54, 1.807) is 12.1 Å². The summed E-state index contributed by atoms with van der Waals surface area (Å²) in [5, 5.41) is 0. The van der Waals surface area contributed by atoms with E-state index in [1.165, 1.54) is 13.2 Å². The predicted octanol–water partition coefficient (Wildman–Crippen LogP) is -0.178. The van der Waals surface area contributed by atoms with Crippen LogP contribution in [0.2, 0.25) is 0 Å². The Bertz CT molecular complexity index is 402. The van der Waals surface area contributed by atoms with Crippen LogP contribution in [-0.4, -0.2) is 18.9 Å². The molecule has 1 rings (SSSR count). The van der Waals surface area contributed by atoms with Crippen LogP contribution in [0, 0.1) is 0 Å². The van der Waals surface area contributed by atoms with Crippen LogP contribution in [0.5, 0.6) is 5.75 Å². The van der Waals surface area contributed by atoms with Crippen LogP contribution in [0.3, 0.4) is 0 Å². The van der Waals surface area contributed by atoms with Gasteiger partial charge in [0.1, 0.15) is 5.75 Å². The molecule has 0 fully saturated rings. The maximum absolute atomic E-state index is 11.0. The summed E-state index contributed by atoms with van der Waals surface area (Å²) in [6, 6.07) is 4.71. The molecule has 80 valence electrons. The zero-order valence-corrected chi connectivity index (χ0v) is 8.32. The molecule has 0 atom stereocenters. The Balaban J connectivity index is 3.07. The van der Waals surface area contributed by atoms with Gasteiger partial charge in [-0.2, -0.15) is 0 Å². The second-order valence-corrected chi connectivity index (χ2v) is 3.04. The summed E-state index contributed by atoms with van der Waals surface area (Å²) in [6.07, 6.45) is 0.107. The summed E-state index contributed by atoms with van der Waals surface area (Å²) in [5.41, 5.74) is 11.1. The normalized spacial score (nSPS) is 9.67. The molecule has 0 aliphatic rings. The summed E-state index contributed by atoms with van der Waals surface area (Å²) >= 11 is 0. The maximum Gasteiger partial charge on any atom is 0.252 e. The van der Waals surface area contributed by atoms with Gasteiger partial charge in [-0.15, -0.1) is 0 Å². The fourth-order valence-corrected chi connectivity index (χ4v) is 1.25. The molecular weight excluding hydrogens is 196 g/mol. The lowest BCUT2D eigenvalue weighted by atomic mass is 10.1. The lowest BCUT2D eigenvalue weighted by Crippen LogP contribution is -2.15. The maximum atomic E-state index is 11.0. The van der Waals surface area contributed by atoms with Gasteiger partial charge in [-0.1, -0.05) is 6.07 Å². The number of methoxy groups -OCH3 is 1. The molecule has 0 unspecified atom stereocenters. The minimum atomic E-state index is -0.572. The van der Waals surface area contributed by atoms with Crippen LogP contribution in [0.1, 0.15) is 15.9 Å².